The average Bonchev–Trinajstić information content (AvgIpc) is 2.15. The zero-order valence-corrected chi connectivity index (χ0v) is 9.48. The Labute approximate surface area is 91.3 Å². The molecule has 3 nitrogen and oxygen atoms in total. The van der Waals surface area contributed by atoms with E-state index in [2.05, 4.69) is 23.0 Å². The molecule has 2 N–H and O–H groups in total. The van der Waals surface area contributed by atoms with Gasteiger partial charge in [-0.1, -0.05) is 0 Å². The summed E-state index contributed by atoms with van der Waals surface area (Å²) in [6, 6.07) is 4.88. The minimum atomic E-state index is 0.0214. The minimum absolute atomic E-state index is 0.0214. The van der Waals surface area contributed by atoms with Gasteiger partial charge in [0, 0.05) is 19.1 Å². The molecule has 1 fully saturated rings. The van der Waals surface area contributed by atoms with Crippen LogP contribution in [-0.4, -0.2) is 18.1 Å². The summed E-state index contributed by atoms with van der Waals surface area (Å²) in [6.07, 6.45) is 5.91. The molecule has 1 aromatic rings. The maximum atomic E-state index is 5.76. The number of nitrogens with zero attached hydrogens (tertiary/aromatic N) is 2. The van der Waals surface area contributed by atoms with Crippen LogP contribution in [0, 0.1) is 0 Å². The summed E-state index contributed by atoms with van der Waals surface area (Å²) in [7, 11) is 2.15. The Balaban J connectivity index is 2.08. The zero-order chi connectivity index (χ0) is 10.8. The molecule has 0 aromatic carbocycles. The van der Waals surface area contributed by atoms with Crippen molar-refractivity contribution >= 4 is 5.69 Å². The quantitative estimate of drug-likeness (QED) is 0.821. The average molecular weight is 205 g/mol. The summed E-state index contributed by atoms with van der Waals surface area (Å²) < 4.78 is 0. The molecule has 0 aliphatic heterocycles. The van der Waals surface area contributed by atoms with Gasteiger partial charge in [0.05, 0.1) is 17.6 Å². The Hall–Kier alpha value is -1.09. The standard InChI is InChI=1S/C12H19N3/c1-9(13)12-7-6-11(8-14-12)15(2)10-4-3-5-10/h6-10H,3-5,13H2,1-2H3/t9-/m1/s1. The first kappa shape index (κ1) is 10.4. The lowest BCUT2D eigenvalue weighted by Gasteiger charge is -2.36. The molecule has 1 aliphatic rings. The van der Waals surface area contributed by atoms with Gasteiger partial charge in [-0.25, -0.2) is 0 Å². The molecule has 0 bridgehead atoms. The molecular formula is C12H19N3. The lowest BCUT2D eigenvalue weighted by molar-refractivity contribution is 0.401. The lowest BCUT2D eigenvalue weighted by Crippen LogP contribution is -2.37. The molecular weight excluding hydrogens is 186 g/mol. The first-order valence-corrected chi connectivity index (χ1v) is 5.63. The summed E-state index contributed by atoms with van der Waals surface area (Å²) in [5.41, 5.74) is 7.92. The van der Waals surface area contributed by atoms with E-state index >= 15 is 0 Å². The molecule has 0 saturated heterocycles. The van der Waals surface area contributed by atoms with Gasteiger partial charge in [0.15, 0.2) is 0 Å². The van der Waals surface area contributed by atoms with Crippen LogP contribution in [-0.2, 0) is 0 Å². The molecule has 82 valence electrons. The molecule has 1 aromatic heterocycles. The van der Waals surface area contributed by atoms with Gasteiger partial charge < -0.3 is 10.6 Å². The van der Waals surface area contributed by atoms with Crippen molar-refractivity contribution in [2.45, 2.75) is 38.3 Å². The van der Waals surface area contributed by atoms with E-state index in [1.165, 1.54) is 24.9 Å². The third-order valence-electron chi connectivity index (χ3n) is 3.27. The predicted octanol–water partition coefficient (Wildman–Crippen LogP) is 2.09. The van der Waals surface area contributed by atoms with Crippen LogP contribution >= 0.6 is 0 Å². The van der Waals surface area contributed by atoms with Crippen molar-refractivity contribution in [2.24, 2.45) is 5.73 Å². The molecule has 0 radical (unpaired) electrons. The van der Waals surface area contributed by atoms with Crippen molar-refractivity contribution < 1.29 is 0 Å². The van der Waals surface area contributed by atoms with Crippen molar-refractivity contribution in [3.63, 3.8) is 0 Å². The van der Waals surface area contributed by atoms with E-state index in [1.807, 2.05) is 19.2 Å². The van der Waals surface area contributed by atoms with Gasteiger partial charge in [0.1, 0.15) is 0 Å². The zero-order valence-electron chi connectivity index (χ0n) is 9.48. The smallest absolute Gasteiger partial charge is 0.0569 e. The first-order valence-electron chi connectivity index (χ1n) is 5.63. The second-order valence-corrected chi connectivity index (χ2v) is 4.43. The van der Waals surface area contributed by atoms with Gasteiger partial charge in [0.2, 0.25) is 0 Å². The van der Waals surface area contributed by atoms with Crippen LogP contribution in [0.4, 0.5) is 5.69 Å². The number of nitrogens with two attached hydrogens (primary N) is 1. The summed E-state index contributed by atoms with van der Waals surface area (Å²) in [4.78, 5) is 6.69. The number of aromatic nitrogens is 1. The minimum Gasteiger partial charge on any atom is -0.370 e. The monoisotopic (exact) mass is 205 g/mol. The molecule has 15 heavy (non-hydrogen) atoms. The summed E-state index contributed by atoms with van der Waals surface area (Å²) in [5.74, 6) is 0. The van der Waals surface area contributed by atoms with Crippen LogP contribution in [0.3, 0.4) is 0 Å². The summed E-state index contributed by atoms with van der Waals surface area (Å²) >= 11 is 0. The normalized spacial score (nSPS) is 18.3. The highest BCUT2D eigenvalue weighted by molar-refractivity contribution is 5.45. The van der Waals surface area contributed by atoms with Crippen molar-refractivity contribution in [3.8, 4) is 0 Å². The van der Waals surface area contributed by atoms with E-state index in [9.17, 15) is 0 Å². The van der Waals surface area contributed by atoms with Crippen molar-refractivity contribution in [1.82, 2.24) is 4.98 Å². The molecule has 1 saturated carbocycles. The summed E-state index contributed by atoms with van der Waals surface area (Å²) in [6.45, 7) is 1.96. The van der Waals surface area contributed by atoms with Crippen molar-refractivity contribution in [2.75, 3.05) is 11.9 Å². The van der Waals surface area contributed by atoms with Crippen LogP contribution in [0.25, 0.3) is 0 Å². The van der Waals surface area contributed by atoms with Crippen molar-refractivity contribution in [3.05, 3.63) is 24.0 Å². The number of hydrogen-bond donors (Lipinski definition) is 1. The lowest BCUT2D eigenvalue weighted by atomic mass is 9.91. The van der Waals surface area contributed by atoms with Gasteiger partial charge in [-0.05, 0) is 38.3 Å². The highest BCUT2D eigenvalue weighted by Crippen LogP contribution is 2.27. The highest BCUT2D eigenvalue weighted by Gasteiger charge is 2.22. The fraction of sp³-hybridized carbons (Fsp3) is 0.583. The number of pyridine rings is 1. The molecule has 0 amide bonds. The van der Waals surface area contributed by atoms with E-state index < -0.39 is 0 Å². The maximum absolute atomic E-state index is 5.76. The second-order valence-electron chi connectivity index (χ2n) is 4.43. The fourth-order valence-corrected chi connectivity index (χ4v) is 1.86. The summed E-state index contributed by atoms with van der Waals surface area (Å²) in [5, 5.41) is 0. The molecule has 0 spiro atoms. The number of hydrogen-bond acceptors (Lipinski definition) is 3. The second kappa shape index (κ2) is 4.19. The molecule has 1 aliphatic carbocycles. The SMILES string of the molecule is C[C@@H](N)c1ccc(N(C)C2CCC2)cn1. The van der Waals surface area contributed by atoms with E-state index in [-0.39, 0.29) is 6.04 Å². The molecule has 2 rings (SSSR count). The molecule has 1 atom stereocenters. The first-order chi connectivity index (χ1) is 7.18. The van der Waals surface area contributed by atoms with E-state index in [1.54, 1.807) is 0 Å². The van der Waals surface area contributed by atoms with E-state index in [0.717, 1.165) is 5.69 Å². The molecule has 3 heteroatoms. The van der Waals surface area contributed by atoms with Gasteiger partial charge in [0.25, 0.3) is 0 Å². The van der Waals surface area contributed by atoms with Crippen LogP contribution in [0.5, 0.6) is 0 Å². The fourth-order valence-electron chi connectivity index (χ4n) is 1.86. The molecule has 1 heterocycles. The Morgan fingerprint density at radius 1 is 1.47 bits per heavy atom. The van der Waals surface area contributed by atoms with Crippen molar-refractivity contribution in [1.29, 1.82) is 0 Å². The highest BCUT2D eigenvalue weighted by atomic mass is 15.1. The van der Waals surface area contributed by atoms with E-state index in [4.69, 9.17) is 5.73 Å². The van der Waals surface area contributed by atoms with Gasteiger partial charge >= 0.3 is 0 Å². The van der Waals surface area contributed by atoms with Crippen LogP contribution in [0.15, 0.2) is 18.3 Å². The third kappa shape index (κ3) is 2.12. The largest absolute Gasteiger partial charge is 0.370 e. The van der Waals surface area contributed by atoms with E-state index in [0.29, 0.717) is 6.04 Å². The van der Waals surface area contributed by atoms with Crippen LogP contribution in [0.2, 0.25) is 0 Å². The maximum Gasteiger partial charge on any atom is 0.0569 e. The Morgan fingerprint density at radius 3 is 2.60 bits per heavy atom. The number of anilines is 1. The van der Waals surface area contributed by atoms with Gasteiger partial charge in [-0.3, -0.25) is 4.98 Å². The van der Waals surface area contributed by atoms with Crippen LogP contribution < -0.4 is 10.6 Å². The van der Waals surface area contributed by atoms with Crippen LogP contribution in [0.1, 0.15) is 37.9 Å². The Morgan fingerprint density at radius 2 is 2.20 bits per heavy atom. The Kier molecular flexibility index (Phi) is 2.91. The third-order valence-corrected chi connectivity index (χ3v) is 3.27. The van der Waals surface area contributed by atoms with Gasteiger partial charge in [-0.2, -0.15) is 0 Å². The molecule has 0 unspecified atom stereocenters. The van der Waals surface area contributed by atoms with Gasteiger partial charge in [-0.15, -0.1) is 0 Å². The topological polar surface area (TPSA) is 42.1 Å². The number of rotatable bonds is 3. The predicted molar refractivity (Wildman–Crippen MR) is 62.9 cm³/mol. The Bertz CT molecular complexity index is 314.